The highest BCUT2D eigenvalue weighted by atomic mass is 16.1. The lowest BCUT2D eigenvalue weighted by Gasteiger charge is -2.11. The van der Waals surface area contributed by atoms with Crippen molar-refractivity contribution < 1.29 is 4.79 Å². The molecule has 0 fully saturated rings. The number of anilines is 1. The Balaban J connectivity index is 1.88. The Hall–Kier alpha value is -2.87. The molecule has 0 aliphatic heterocycles. The predicted octanol–water partition coefficient (Wildman–Crippen LogP) is 4.91. The molecule has 0 aromatic heterocycles. The van der Waals surface area contributed by atoms with Crippen LogP contribution >= 0.6 is 0 Å². The summed E-state index contributed by atoms with van der Waals surface area (Å²) in [7, 11) is 4.01. The molecule has 0 aliphatic rings. The maximum atomic E-state index is 11.8. The third-order valence-corrected chi connectivity index (χ3v) is 3.59. The van der Waals surface area contributed by atoms with E-state index in [1.807, 2.05) is 61.5 Å². The van der Waals surface area contributed by atoms with E-state index >= 15 is 0 Å². The number of hydrogen-bond acceptors (Lipinski definition) is 2. The van der Waals surface area contributed by atoms with Gasteiger partial charge in [-0.15, -0.1) is 0 Å². The fourth-order valence-electron chi connectivity index (χ4n) is 2.11. The molecule has 0 amide bonds. The van der Waals surface area contributed by atoms with Crippen LogP contribution in [-0.4, -0.2) is 19.9 Å². The van der Waals surface area contributed by atoms with Crippen LogP contribution in [0, 0.1) is 6.92 Å². The van der Waals surface area contributed by atoms with Crippen LogP contribution in [0.1, 0.15) is 16.7 Å². The first-order valence-electron chi connectivity index (χ1n) is 7.95. The number of hydrogen-bond donors (Lipinski definition) is 0. The van der Waals surface area contributed by atoms with Crippen LogP contribution in [0.2, 0.25) is 0 Å². The van der Waals surface area contributed by atoms with Crippen molar-refractivity contribution in [2.75, 3.05) is 19.0 Å². The van der Waals surface area contributed by atoms with E-state index in [0.29, 0.717) is 0 Å². The molecule has 0 N–H and O–H groups in total. The monoisotopic (exact) mass is 317 g/mol. The molecule has 0 atom stereocenters. The zero-order chi connectivity index (χ0) is 17.4. The Morgan fingerprint density at radius 1 is 0.792 bits per heavy atom. The average molecular weight is 317 g/mol. The van der Waals surface area contributed by atoms with E-state index < -0.39 is 0 Å². The molecule has 0 bridgehead atoms. The smallest absolute Gasteiger partial charge is 0.178 e. The number of allylic oxidation sites excluding steroid dienone is 4. The van der Waals surface area contributed by atoms with Crippen LogP contribution < -0.4 is 4.90 Å². The van der Waals surface area contributed by atoms with E-state index in [-0.39, 0.29) is 5.78 Å². The van der Waals surface area contributed by atoms with Gasteiger partial charge in [0, 0.05) is 19.8 Å². The number of rotatable bonds is 6. The van der Waals surface area contributed by atoms with Gasteiger partial charge < -0.3 is 4.90 Å². The number of ketones is 1. The Bertz CT molecular complexity index is 748. The topological polar surface area (TPSA) is 20.3 Å². The van der Waals surface area contributed by atoms with Gasteiger partial charge >= 0.3 is 0 Å². The quantitative estimate of drug-likeness (QED) is 0.557. The largest absolute Gasteiger partial charge is 0.378 e. The van der Waals surface area contributed by atoms with Crippen molar-refractivity contribution in [3.63, 3.8) is 0 Å². The first kappa shape index (κ1) is 17.5. The summed E-state index contributed by atoms with van der Waals surface area (Å²) in [4.78, 5) is 13.9. The molecule has 2 rings (SSSR count). The molecule has 0 heterocycles. The van der Waals surface area contributed by atoms with Crippen LogP contribution in [0.15, 0.2) is 72.8 Å². The first-order valence-corrected chi connectivity index (χ1v) is 7.95. The number of nitrogens with zero attached hydrogens (tertiary/aromatic N) is 1. The maximum Gasteiger partial charge on any atom is 0.178 e. The molecule has 2 aromatic carbocycles. The van der Waals surface area contributed by atoms with Gasteiger partial charge in [-0.1, -0.05) is 66.3 Å². The molecular formula is C22H23NO. The molecule has 0 aliphatic carbocycles. The van der Waals surface area contributed by atoms with Crippen molar-refractivity contribution >= 4 is 23.6 Å². The van der Waals surface area contributed by atoms with Crippen molar-refractivity contribution in [1.29, 1.82) is 0 Å². The van der Waals surface area contributed by atoms with E-state index in [1.54, 1.807) is 18.2 Å². The highest BCUT2D eigenvalue weighted by molar-refractivity contribution is 6.02. The summed E-state index contributed by atoms with van der Waals surface area (Å²) in [6.45, 7) is 2.06. The fourth-order valence-corrected chi connectivity index (χ4v) is 2.11. The molecule has 2 aromatic rings. The molecule has 24 heavy (non-hydrogen) atoms. The third-order valence-electron chi connectivity index (χ3n) is 3.59. The van der Waals surface area contributed by atoms with E-state index in [0.717, 1.165) is 16.8 Å². The van der Waals surface area contributed by atoms with Crippen LogP contribution in [0.4, 0.5) is 5.69 Å². The number of carbonyl (C=O) groups excluding carboxylic acids is 1. The lowest BCUT2D eigenvalue weighted by molar-refractivity contribution is -0.110. The van der Waals surface area contributed by atoms with Crippen molar-refractivity contribution in [2.24, 2.45) is 0 Å². The molecule has 0 saturated heterocycles. The van der Waals surface area contributed by atoms with Gasteiger partial charge in [0.15, 0.2) is 5.78 Å². The van der Waals surface area contributed by atoms with Crippen molar-refractivity contribution in [1.82, 2.24) is 0 Å². The van der Waals surface area contributed by atoms with E-state index in [9.17, 15) is 4.79 Å². The molecule has 0 spiro atoms. The van der Waals surface area contributed by atoms with E-state index in [4.69, 9.17) is 0 Å². The number of benzene rings is 2. The van der Waals surface area contributed by atoms with Crippen molar-refractivity contribution in [3.8, 4) is 0 Å². The highest BCUT2D eigenvalue weighted by Gasteiger charge is 1.94. The minimum atomic E-state index is -0.0276. The second-order valence-corrected chi connectivity index (χ2v) is 5.85. The van der Waals surface area contributed by atoms with Gasteiger partial charge in [0.2, 0.25) is 0 Å². The van der Waals surface area contributed by atoms with E-state index in [2.05, 4.69) is 31.2 Å². The second-order valence-electron chi connectivity index (χ2n) is 5.85. The number of carbonyl (C=O) groups is 1. The summed E-state index contributed by atoms with van der Waals surface area (Å²) in [6.07, 6.45) is 10.6. The van der Waals surface area contributed by atoms with Gasteiger partial charge in [0.25, 0.3) is 0 Å². The molecule has 0 saturated carbocycles. The summed E-state index contributed by atoms with van der Waals surface area (Å²) >= 11 is 0. The van der Waals surface area contributed by atoms with Crippen LogP contribution in [0.5, 0.6) is 0 Å². The molecule has 0 unspecified atom stereocenters. The third kappa shape index (κ3) is 5.73. The van der Waals surface area contributed by atoms with Crippen LogP contribution in [0.25, 0.3) is 12.2 Å². The zero-order valence-corrected chi connectivity index (χ0v) is 14.4. The maximum absolute atomic E-state index is 11.8. The lowest BCUT2D eigenvalue weighted by Crippen LogP contribution is -2.07. The molecule has 2 heteroatoms. The molecular weight excluding hydrogens is 294 g/mol. The predicted molar refractivity (Wildman–Crippen MR) is 104 cm³/mol. The van der Waals surface area contributed by atoms with Gasteiger partial charge in [-0.3, -0.25) is 4.79 Å². The second kappa shape index (κ2) is 8.68. The summed E-state index contributed by atoms with van der Waals surface area (Å²) in [5.41, 5.74) is 4.51. The molecule has 2 nitrogen and oxygen atoms in total. The lowest BCUT2D eigenvalue weighted by atomic mass is 10.1. The summed E-state index contributed by atoms with van der Waals surface area (Å²) in [5, 5.41) is 0. The Morgan fingerprint density at radius 2 is 1.38 bits per heavy atom. The Morgan fingerprint density at radius 3 is 2.00 bits per heavy atom. The van der Waals surface area contributed by atoms with Crippen molar-refractivity contribution in [2.45, 2.75) is 6.92 Å². The summed E-state index contributed by atoms with van der Waals surface area (Å²) in [5.74, 6) is -0.0276. The van der Waals surface area contributed by atoms with Gasteiger partial charge in [-0.25, -0.2) is 0 Å². The van der Waals surface area contributed by atoms with Crippen molar-refractivity contribution in [3.05, 3.63) is 89.5 Å². The zero-order valence-electron chi connectivity index (χ0n) is 14.4. The summed E-state index contributed by atoms with van der Waals surface area (Å²) in [6, 6.07) is 16.3. The normalized spacial score (nSPS) is 11.6. The fraction of sp³-hybridized carbons (Fsp3) is 0.136. The first-order chi connectivity index (χ1) is 11.5. The standard InChI is InChI=1S/C22H23NO/c1-18-8-10-19(11-9-18)6-4-5-7-22(24)17-14-20-12-15-21(16-13-20)23(2)3/h4-17H,1-3H3. The van der Waals surface area contributed by atoms with Gasteiger partial charge in [-0.2, -0.15) is 0 Å². The Kier molecular flexibility index (Phi) is 6.32. The average Bonchev–Trinajstić information content (AvgIpc) is 2.59. The van der Waals surface area contributed by atoms with Gasteiger partial charge in [0.1, 0.15) is 0 Å². The SMILES string of the molecule is Cc1ccc(C=CC=CC(=O)C=Cc2ccc(N(C)C)cc2)cc1. The summed E-state index contributed by atoms with van der Waals surface area (Å²) < 4.78 is 0. The van der Waals surface area contributed by atoms with E-state index in [1.165, 1.54) is 5.56 Å². The van der Waals surface area contributed by atoms with Crippen LogP contribution in [-0.2, 0) is 4.79 Å². The van der Waals surface area contributed by atoms with Gasteiger partial charge in [0.05, 0.1) is 0 Å². The Labute approximate surface area is 144 Å². The minimum Gasteiger partial charge on any atom is -0.378 e. The van der Waals surface area contributed by atoms with Gasteiger partial charge in [-0.05, 0) is 42.3 Å². The molecule has 122 valence electrons. The highest BCUT2D eigenvalue weighted by Crippen LogP contribution is 2.13. The molecule has 0 radical (unpaired) electrons. The van der Waals surface area contributed by atoms with Crippen LogP contribution in [0.3, 0.4) is 0 Å². The minimum absolute atomic E-state index is 0.0276. The number of aryl methyl sites for hydroxylation is 1.